The van der Waals surface area contributed by atoms with Crippen LogP contribution >= 0.6 is 0 Å². The van der Waals surface area contributed by atoms with Crippen molar-refractivity contribution in [1.82, 2.24) is 0 Å². The van der Waals surface area contributed by atoms with E-state index < -0.39 is 0 Å². The van der Waals surface area contributed by atoms with Gasteiger partial charge in [0.15, 0.2) is 0 Å². The Morgan fingerprint density at radius 2 is 1.17 bits per heavy atom. The first-order valence-electron chi connectivity index (χ1n) is 6.82. The third-order valence-corrected chi connectivity index (χ3v) is 2.36. The van der Waals surface area contributed by atoms with Crippen LogP contribution in [0.3, 0.4) is 0 Å². The molecule has 0 amide bonds. The number of hydrogen-bond donors (Lipinski definition) is 3. The zero-order valence-electron chi connectivity index (χ0n) is 12.5. The molecule has 0 heterocycles. The maximum atomic E-state index is 3.49. The lowest BCUT2D eigenvalue weighted by atomic mass is 10.2. The zero-order valence-corrected chi connectivity index (χ0v) is 12.5. The van der Waals surface area contributed by atoms with Crippen molar-refractivity contribution >= 4 is 17.1 Å². The molecule has 18 heavy (non-hydrogen) atoms. The molecule has 0 aliphatic rings. The fraction of sp³-hybridized carbons (Fsp3) is 0.600. The minimum Gasteiger partial charge on any atom is -0.383 e. The molecule has 3 N–H and O–H groups in total. The molecule has 0 spiro atoms. The van der Waals surface area contributed by atoms with Gasteiger partial charge < -0.3 is 16.0 Å². The molecule has 0 aliphatic carbocycles. The van der Waals surface area contributed by atoms with E-state index >= 15 is 0 Å². The van der Waals surface area contributed by atoms with Crippen LogP contribution in [0.5, 0.6) is 0 Å². The standard InChI is InChI=1S/C15H27N3/c1-10(2)16-13-7-8-14(17-11(3)4)15(9-13)18-12(5)6/h7-12,16-18H,1-6H3. The highest BCUT2D eigenvalue weighted by molar-refractivity contribution is 5.74. The van der Waals surface area contributed by atoms with Gasteiger partial charge in [0.05, 0.1) is 11.4 Å². The van der Waals surface area contributed by atoms with Crippen LogP contribution in [-0.4, -0.2) is 18.1 Å². The molecule has 3 heteroatoms. The summed E-state index contributed by atoms with van der Waals surface area (Å²) in [7, 11) is 0. The summed E-state index contributed by atoms with van der Waals surface area (Å²) < 4.78 is 0. The van der Waals surface area contributed by atoms with Crippen LogP contribution in [0.4, 0.5) is 17.1 Å². The first kappa shape index (κ1) is 14.7. The molecule has 0 aromatic heterocycles. The van der Waals surface area contributed by atoms with Gasteiger partial charge in [0.25, 0.3) is 0 Å². The second-order valence-corrected chi connectivity index (χ2v) is 5.66. The van der Waals surface area contributed by atoms with Crippen LogP contribution in [0.15, 0.2) is 18.2 Å². The molecule has 0 bridgehead atoms. The Morgan fingerprint density at radius 3 is 1.67 bits per heavy atom. The van der Waals surface area contributed by atoms with Crippen molar-refractivity contribution in [2.24, 2.45) is 0 Å². The summed E-state index contributed by atoms with van der Waals surface area (Å²) in [5.41, 5.74) is 3.47. The monoisotopic (exact) mass is 249 g/mol. The summed E-state index contributed by atoms with van der Waals surface area (Å²) in [6, 6.07) is 7.73. The second kappa shape index (κ2) is 6.53. The smallest absolute Gasteiger partial charge is 0.0598 e. The number of hydrogen-bond acceptors (Lipinski definition) is 3. The van der Waals surface area contributed by atoms with E-state index in [9.17, 15) is 0 Å². The first-order chi connectivity index (χ1) is 8.38. The van der Waals surface area contributed by atoms with Gasteiger partial charge in [-0.15, -0.1) is 0 Å². The Kier molecular flexibility index (Phi) is 5.32. The first-order valence-corrected chi connectivity index (χ1v) is 6.82. The van der Waals surface area contributed by atoms with Crippen molar-refractivity contribution in [1.29, 1.82) is 0 Å². The van der Waals surface area contributed by atoms with Crippen molar-refractivity contribution in [3.05, 3.63) is 18.2 Å². The van der Waals surface area contributed by atoms with Crippen molar-refractivity contribution in [2.45, 2.75) is 59.7 Å². The van der Waals surface area contributed by atoms with Crippen molar-refractivity contribution in [3.63, 3.8) is 0 Å². The van der Waals surface area contributed by atoms with Crippen molar-refractivity contribution in [2.75, 3.05) is 16.0 Å². The molecule has 0 radical (unpaired) electrons. The number of anilines is 3. The lowest BCUT2D eigenvalue weighted by Gasteiger charge is -2.20. The molecule has 1 rings (SSSR count). The molecule has 1 aromatic rings. The fourth-order valence-electron chi connectivity index (χ4n) is 1.83. The molecule has 0 fully saturated rings. The zero-order chi connectivity index (χ0) is 13.7. The predicted octanol–water partition coefficient (Wildman–Crippen LogP) is 4.15. The third-order valence-electron chi connectivity index (χ3n) is 2.36. The number of rotatable bonds is 6. The molecule has 102 valence electrons. The van der Waals surface area contributed by atoms with Gasteiger partial charge in [-0.3, -0.25) is 0 Å². The van der Waals surface area contributed by atoms with E-state index in [4.69, 9.17) is 0 Å². The maximum absolute atomic E-state index is 3.49. The lowest BCUT2D eigenvalue weighted by Crippen LogP contribution is -2.16. The van der Waals surface area contributed by atoms with Crippen LogP contribution in [0, 0.1) is 0 Å². The molecule has 0 aliphatic heterocycles. The molecule has 0 saturated heterocycles. The van der Waals surface area contributed by atoms with Crippen LogP contribution in [0.2, 0.25) is 0 Å². The minimum absolute atomic E-state index is 0.423. The van der Waals surface area contributed by atoms with Gasteiger partial charge in [0.1, 0.15) is 0 Å². The Labute approximate surface area is 111 Å². The van der Waals surface area contributed by atoms with E-state index in [0.717, 1.165) is 17.1 Å². The summed E-state index contributed by atoms with van der Waals surface area (Å²) in [4.78, 5) is 0. The Morgan fingerprint density at radius 1 is 0.667 bits per heavy atom. The van der Waals surface area contributed by atoms with Crippen LogP contribution < -0.4 is 16.0 Å². The quantitative estimate of drug-likeness (QED) is 0.709. The van der Waals surface area contributed by atoms with Crippen LogP contribution in [-0.2, 0) is 0 Å². The molecule has 0 saturated carbocycles. The predicted molar refractivity (Wildman–Crippen MR) is 82.7 cm³/mol. The minimum atomic E-state index is 0.423. The largest absolute Gasteiger partial charge is 0.383 e. The van der Waals surface area contributed by atoms with Gasteiger partial charge >= 0.3 is 0 Å². The maximum Gasteiger partial charge on any atom is 0.0598 e. The average Bonchev–Trinajstić information content (AvgIpc) is 2.19. The van der Waals surface area contributed by atoms with E-state index in [-0.39, 0.29) is 0 Å². The normalized spacial score (nSPS) is 11.2. The second-order valence-electron chi connectivity index (χ2n) is 5.66. The lowest BCUT2D eigenvalue weighted by molar-refractivity contribution is 0.881. The number of benzene rings is 1. The van der Waals surface area contributed by atoms with Crippen LogP contribution in [0.1, 0.15) is 41.5 Å². The van der Waals surface area contributed by atoms with E-state index in [2.05, 4.69) is 75.7 Å². The van der Waals surface area contributed by atoms with Gasteiger partial charge in [0, 0.05) is 23.8 Å². The fourth-order valence-corrected chi connectivity index (χ4v) is 1.83. The van der Waals surface area contributed by atoms with Gasteiger partial charge in [-0.05, 0) is 59.7 Å². The van der Waals surface area contributed by atoms with Crippen molar-refractivity contribution in [3.8, 4) is 0 Å². The highest BCUT2D eigenvalue weighted by atomic mass is 15.0. The average molecular weight is 249 g/mol. The molecule has 1 aromatic carbocycles. The van der Waals surface area contributed by atoms with Crippen LogP contribution in [0.25, 0.3) is 0 Å². The summed E-state index contributed by atoms with van der Waals surface area (Å²) in [5.74, 6) is 0. The van der Waals surface area contributed by atoms with E-state index in [1.807, 2.05) is 0 Å². The van der Waals surface area contributed by atoms with Gasteiger partial charge in [-0.2, -0.15) is 0 Å². The van der Waals surface area contributed by atoms with E-state index in [1.165, 1.54) is 0 Å². The van der Waals surface area contributed by atoms with Gasteiger partial charge in [0.2, 0.25) is 0 Å². The third kappa shape index (κ3) is 4.86. The Balaban J connectivity index is 2.96. The molecular weight excluding hydrogens is 222 g/mol. The summed E-state index contributed by atoms with van der Waals surface area (Å²) >= 11 is 0. The highest BCUT2D eigenvalue weighted by Gasteiger charge is 2.07. The molecule has 3 nitrogen and oxygen atoms in total. The van der Waals surface area contributed by atoms with Crippen molar-refractivity contribution < 1.29 is 0 Å². The van der Waals surface area contributed by atoms with E-state index in [0.29, 0.717) is 18.1 Å². The van der Waals surface area contributed by atoms with Gasteiger partial charge in [-0.25, -0.2) is 0 Å². The topological polar surface area (TPSA) is 36.1 Å². The Hall–Kier alpha value is -1.38. The van der Waals surface area contributed by atoms with Gasteiger partial charge in [-0.1, -0.05) is 0 Å². The van der Waals surface area contributed by atoms with E-state index in [1.54, 1.807) is 0 Å². The molecular formula is C15H27N3. The molecule has 0 unspecified atom stereocenters. The molecule has 0 atom stereocenters. The Bertz CT molecular complexity index is 370. The number of nitrogens with one attached hydrogen (secondary N) is 3. The highest BCUT2D eigenvalue weighted by Crippen LogP contribution is 2.27. The summed E-state index contributed by atoms with van der Waals surface area (Å²) in [6.45, 7) is 12.9. The summed E-state index contributed by atoms with van der Waals surface area (Å²) in [6.07, 6.45) is 0. The SMILES string of the molecule is CC(C)Nc1ccc(NC(C)C)c(NC(C)C)c1. The summed E-state index contributed by atoms with van der Waals surface area (Å²) in [5, 5.41) is 10.4.